The Kier molecular flexibility index (Phi) is 2.05. The second-order valence-electron chi connectivity index (χ2n) is 2.39. The Morgan fingerprint density at radius 3 is 1.90 bits per heavy atom. The van der Waals surface area contributed by atoms with E-state index in [9.17, 15) is 9.79 Å². The van der Waals surface area contributed by atoms with Crippen LogP contribution >= 0.6 is 7.72 Å². The third-order valence-electron chi connectivity index (χ3n) is 1.32. The van der Waals surface area contributed by atoms with Crippen LogP contribution in [0.5, 0.6) is 0 Å². The minimum absolute atomic E-state index is 0.648. The first-order valence-corrected chi connectivity index (χ1v) is 5.50. The summed E-state index contributed by atoms with van der Waals surface area (Å²) in [7, 11) is -3.03. The molecule has 0 saturated heterocycles. The van der Waals surface area contributed by atoms with Gasteiger partial charge in [-0.2, -0.15) is 0 Å². The number of hydrogen-bond donors (Lipinski definition) is 2. The molecule has 0 heterocycles. The molecule has 0 amide bonds. The van der Waals surface area contributed by atoms with Gasteiger partial charge in [-0.05, 0) is 0 Å². The van der Waals surface area contributed by atoms with E-state index in [1.54, 1.807) is 24.3 Å². The molecule has 1 aromatic carbocycles. The fourth-order valence-corrected chi connectivity index (χ4v) is 1.58. The summed E-state index contributed by atoms with van der Waals surface area (Å²) in [6, 6.07) is 8.90. The normalized spacial score (nSPS) is 13.1. The Bertz CT molecular complexity index is 203. The Labute approximate surface area is 60.6 Å². The maximum absolute atomic E-state index is 9.18. The third-order valence-corrected chi connectivity index (χ3v) is 2.75. The van der Waals surface area contributed by atoms with Crippen molar-refractivity contribution in [3.63, 3.8) is 0 Å². The molecular formula is C7H11O2P. The van der Waals surface area contributed by atoms with E-state index in [1.165, 1.54) is 6.66 Å². The second-order valence-corrected chi connectivity index (χ2v) is 5.01. The van der Waals surface area contributed by atoms with Gasteiger partial charge in [0.2, 0.25) is 0 Å². The Morgan fingerprint density at radius 1 is 1.10 bits per heavy atom. The molecule has 0 aromatic heterocycles. The summed E-state index contributed by atoms with van der Waals surface area (Å²) in [6.07, 6.45) is 0. The average Bonchev–Trinajstić information content (AvgIpc) is 1.88. The quantitative estimate of drug-likeness (QED) is 0.584. The van der Waals surface area contributed by atoms with E-state index in [-0.39, 0.29) is 0 Å². The molecule has 0 saturated carbocycles. The number of hydrogen-bond acceptors (Lipinski definition) is 2. The molecule has 2 nitrogen and oxygen atoms in total. The molecule has 0 radical (unpaired) electrons. The van der Waals surface area contributed by atoms with Crippen LogP contribution < -0.4 is 5.30 Å². The van der Waals surface area contributed by atoms with Crippen LogP contribution in [0.4, 0.5) is 0 Å². The fraction of sp³-hybridized carbons (Fsp3) is 0.143. The van der Waals surface area contributed by atoms with E-state index in [2.05, 4.69) is 0 Å². The zero-order chi connectivity index (χ0) is 7.61. The first-order valence-electron chi connectivity index (χ1n) is 3.11. The fourth-order valence-electron chi connectivity index (χ4n) is 0.754. The van der Waals surface area contributed by atoms with Gasteiger partial charge in [0.15, 0.2) is 0 Å². The summed E-state index contributed by atoms with van der Waals surface area (Å²) >= 11 is 0. The molecule has 0 aliphatic carbocycles. The van der Waals surface area contributed by atoms with Crippen molar-refractivity contribution in [3.8, 4) is 0 Å². The van der Waals surface area contributed by atoms with Crippen molar-refractivity contribution >= 4 is 13.0 Å². The third kappa shape index (κ3) is 1.77. The Hall–Kier alpha value is -0.430. The van der Waals surface area contributed by atoms with Crippen molar-refractivity contribution in [1.82, 2.24) is 0 Å². The van der Waals surface area contributed by atoms with E-state index in [0.717, 1.165) is 0 Å². The van der Waals surface area contributed by atoms with Gasteiger partial charge in [-0.1, -0.05) is 0 Å². The van der Waals surface area contributed by atoms with E-state index >= 15 is 0 Å². The predicted octanol–water partition coefficient (Wildman–Crippen LogP) is 0.506. The van der Waals surface area contributed by atoms with Crippen molar-refractivity contribution in [1.29, 1.82) is 0 Å². The molecular weight excluding hydrogens is 147 g/mol. The van der Waals surface area contributed by atoms with E-state index in [1.807, 2.05) is 6.07 Å². The maximum atomic E-state index is 9.18. The van der Waals surface area contributed by atoms with Crippen LogP contribution in [0.15, 0.2) is 30.3 Å². The molecule has 0 unspecified atom stereocenters. The first kappa shape index (κ1) is 7.67. The summed E-state index contributed by atoms with van der Waals surface area (Å²) in [6.45, 7) is 1.47. The zero-order valence-electron chi connectivity index (χ0n) is 5.78. The molecule has 0 bridgehead atoms. The molecule has 1 rings (SSSR count). The molecule has 0 atom stereocenters. The number of rotatable bonds is 1. The van der Waals surface area contributed by atoms with Crippen molar-refractivity contribution < 1.29 is 9.79 Å². The zero-order valence-corrected chi connectivity index (χ0v) is 6.78. The average molecular weight is 158 g/mol. The first-order chi connectivity index (χ1) is 4.61. The molecule has 0 spiro atoms. The molecule has 0 aliphatic heterocycles. The van der Waals surface area contributed by atoms with E-state index in [0.29, 0.717) is 5.30 Å². The standard InChI is InChI=1S/C7H11O2P/c1-10(8,9)7-5-3-2-4-6-7/h2-6,8-10H,1H3. The van der Waals surface area contributed by atoms with Crippen molar-refractivity contribution in [3.05, 3.63) is 30.3 Å². The van der Waals surface area contributed by atoms with E-state index < -0.39 is 7.72 Å². The molecule has 10 heavy (non-hydrogen) atoms. The van der Waals surface area contributed by atoms with Gasteiger partial charge in [0.1, 0.15) is 0 Å². The van der Waals surface area contributed by atoms with Crippen LogP contribution in [-0.2, 0) is 0 Å². The van der Waals surface area contributed by atoms with Gasteiger partial charge in [-0.3, -0.25) is 0 Å². The molecule has 0 aliphatic rings. The van der Waals surface area contributed by atoms with Crippen molar-refractivity contribution in [2.24, 2.45) is 0 Å². The van der Waals surface area contributed by atoms with Crippen molar-refractivity contribution in [2.45, 2.75) is 0 Å². The van der Waals surface area contributed by atoms with Crippen LogP contribution in [0.3, 0.4) is 0 Å². The Balaban J connectivity index is 2.97. The van der Waals surface area contributed by atoms with Crippen LogP contribution in [0, 0.1) is 0 Å². The van der Waals surface area contributed by atoms with Gasteiger partial charge in [0.05, 0.1) is 0 Å². The van der Waals surface area contributed by atoms with Gasteiger partial charge in [-0.25, -0.2) is 0 Å². The van der Waals surface area contributed by atoms with Crippen LogP contribution in [-0.4, -0.2) is 16.5 Å². The minimum atomic E-state index is -3.03. The topological polar surface area (TPSA) is 40.5 Å². The van der Waals surface area contributed by atoms with Crippen molar-refractivity contribution in [2.75, 3.05) is 6.66 Å². The Morgan fingerprint density at radius 2 is 1.60 bits per heavy atom. The summed E-state index contributed by atoms with van der Waals surface area (Å²) in [5.74, 6) is 0. The molecule has 3 heteroatoms. The predicted molar refractivity (Wildman–Crippen MR) is 44.8 cm³/mol. The van der Waals surface area contributed by atoms with Gasteiger partial charge >= 0.3 is 59.8 Å². The summed E-state index contributed by atoms with van der Waals surface area (Å²) < 4.78 is 0. The van der Waals surface area contributed by atoms with Crippen LogP contribution in [0.1, 0.15) is 0 Å². The van der Waals surface area contributed by atoms with E-state index in [4.69, 9.17) is 0 Å². The number of benzene rings is 1. The molecule has 0 fully saturated rings. The SMILES string of the molecule is C[PH](O)(O)c1ccccc1. The van der Waals surface area contributed by atoms with Gasteiger partial charge in [-0.15, -0.1) is 0 Å². The van der Waals surface area contributed by atoms with Gasteiger partial charge in [0, 0.05) is 0 Å². The molecule has 2 N–H and O–H groups in total. The van der Waals surface area contributed by atoms with Crippen LogP contribution in [0.25, 0.3) is 0 Å². The summed E-state index contributed by atoms with van der Waals surface area (Å²) in [5, 5.41) is 0.648. The monoisotopic (exact) mass is 158 g/mol. The molecule has 56 valence electrons. The van der Waals surface area contributed by atoms with Crippen LogP contribution in [0.2, 0.25) is 0 Å². The summed E-state index contributed by atoms with van der Waals surface area (Å²) in [4.78, 5) is 18.4. The van der Waals surface area contributed by atoms with Gasteiger partial charge < -0.3 is 0 Å². The second kappa shape index (κ2) is 2.67. The molecule has 1 aromatic rings. The van der Waals surface area contributed by atoms with Gasteiger partial charge in [0.25, 0.3) is 0 Å². The summed E-state index contributed by atoms with van der Waals surface area (Å²) in [5.41, 5.74) is 0.